The summed E-state index contributed by atoms with van der Waals surface area (Å²) < 4.78 is 28.2. The normalized spacial score (nSPS) is 16.3. The highest BCUT2D eigenvalue weighted by Crippen LogP contribution is 2.29. The molecule has 8 rings (SSSR count). The summed E-state index contributed by atoms with van der Waals surface area (Å²) in [6.07, 6.45) is 6.92. The average molecular weight is 758 g/mol. The van der Waals surface area contributed by atoms with Crippen LogP contribution in [0.1, 0.15) is 72.4 Å². The predicted octanol–water partition coefficient (Wildman–Crippen LogP) is 4.99. The molecule has 3 amide bonds. The first-order valence-corrected chi connectivity index (χ1v) is 18.5. The van der Waals surface area contributed by atoms with E-state index in [2.05, 4.69) is 47.9 Å². The zero-order valence-electron chi connectivity index (χ0n) is 31.2. The maximum Gasteiger partial charge on any atom is 0.292 e. The van der Waals surface area contributed by atoms with Gasteiger partial charge < -0.3 is 14.6 Å². The number of nitrogens with zero attached hydrogens (tertiary/aromatic N) is 7. The molecule has 286 valence electrons. The first-order valence-electron chi connectivity index (χ1n) is 18.5. The largest absolute Gasteiger partial charge is 0.481 e. The monoisotopic (exact) mass is 757 g/mol. The molecule has 2 aliphatic rings. The van der Waals surface area contributed by atoms with E-state index in [9.17, 15) is 14.4 Å². The number of pyridine rings is 1. The van der Waals surface area contributed by atoms with Crippen molar-refractivity contribution < 1.29 is 28.0 Å². The smallest absolute Gasteiger partial charge is 0.292 e. The molecule has 0 aliphatic carbocycles. The van der Waals surface area contributed by atoms with E-state index in [0.717, 1.165) is 49.3 Å². The van der Waals surface area contributed by atoms with Crippen LogP contribution >= 0.6 is 0 Å². The second kappa shape index (κ2) is 15.1. The molecule has 14 nitrogen and oxygen atoms in total. The minimum Gasteiger partial charge on any atom is -0.481 e. The SMILES string of the molecule is CC(C)(C)c1nc(C(=O)NCc2ccc(-c3ncnn4cc(-c5ccc(CN6CCc7ccc(OC8CCC(=O)NC8=O)cc7CC6)cn5)cc34)cc2F)no1. The Labute approximate surface area is 321 Å². The van der Waals surface area contributed by atoms with E-state index in [-0.39, 0.29) is 30.6 Å². The van der Waals surface area contributed by atoms with Crippen molar-refractivity contribution in [3.63, 3.8) is 0 Å². The van der Waals surface area contributed by atoms with Gasteiger partial charge in [-0.3, -0.25) is 29.6 Å². The fraction of sp³-hybridized carbons (Fsp3) is 0.317. The van der Waals surface area contributed by atoms with Gasteiger partial charge in [-0.25, -0.2) is 13.9 Å². The Balaban J connectivity index is 0.897. The number of fused-ring (bicyclic) bond motifs is 2. The van der Waals surface area contributed by atoms with E-state index < -0.39 is 23.2 Å². The summed E-state index contributed by atoms with van der Waals surface area (Å²) >= 11 is 0. The number of benzene rings is 2. The van der Waals surface area contributed by atoms with Crippen molar-refractivity contribution in [3.8, 4) is 28.3 Å². The van der Waals surface area contributed by atoms with Gasteiger partial charge in [0, 0.05) is 73.5 Å². The molecule has 0 bridgehead atoms. The Bertz CT molecular complexity index is 2450. The Morgan fingerprint density at radius 2 is 1.84 bits per heavy atom. The summed E-state index contributed by atoms with van der Waals surface area (Å²) in [5.41, 5.74) is 6.85. The number of ether oxygens (including phenoxy) is 1. The van der Waals surface area contributed by atoms with Crippen LogP contribution in [0.2, 0.25) is 0 Å². The molecule has 2 aliphatic heterocycles. The summed E-state index contributed by atoms with van der Waals surface area (Å²) in [5.74, 6) is -0.829. The molecule has 6 heterocycles. The summed E-state index contributed by atoms with van der Waals surface area (Å²) in [6.45, 7) is 8.13. The van der Waals surface area contributed by atoms with Gasteiger partial charge >= 0.3 is 0 Å². The van der Waals surface area contributed by atoms with Gasteiger partial charge in [-0.2, -0.15) is 10.1 Å². The third kappa shape index (κ3) is 7.89. The number of carbonyl (C=O) groups excluding carboxylic acids is 3. The van der Waals surface area contributed by atoms with Crippen molar-refractivity contribution in [1.82, 2.24) is 45.3 Å². The van der Waals surface area contributed by atoms with Crippen molar-refractivity contribution >= 4 is 23.2 Å². The molecule has 1 fully saturated rings. The van der Waals surface area contributed by atoms with Gasteiger partial charge in [0.2, 0.25) is 11.8 Å². The maximum atomic E-state index is 15.3. The van der Waals surface area contributed by atoms with Gasteiger partial charge in [0.05, 0.1) is 16.9 Å². The third-order valence-corrected chi connectivity index (χ3v) is 10.0. The molecular formula is C41H40FN9O5. The summed E-state index contributed by atoms with van der Waals surface area (Å²) in [7, 11) is 0. The number of nitrogens with one attached hydrogen (secondary N) is 2. The van der Waals surface area contributed by atoms with Crippen LogP contribution in [0, 0.1) is 5.82 Å². The van der Waals surface area contributed by atoms with E-state index in [0.29, 0.717) is 40.4 Å². The number of amides is 3. The lowest BCUT2D eigenvalue weighted by atomic mass is 9.97. The second-order valence-corrected chi connectivity index (χ2v) is 15.1. The van der Waals surface area contributed by atoms with Crippen molar-refractivity contribution in [2.45, 2.75) is 71.1 Å². The van der Waals surface area contributed by atoms with E-state index in [4.69, 9.17) is 14.2 Å². The third-order valence-electron chi connectivity index (χ3n) is 10.0. The molecule has 1 atom stereocenters. The summed E-state index contributed by atoms with van der Waals surface area (Å²) in [5, 5.41) is 13.1. The standard InChI is InChI=1S/C41H40FN9O5/c1-41(2,3)40-48-37(49-56-40)39(54)44-20-28-6-5-27(17-31(28)42)36-33-18-29(22-51(33)46-23-45-36)32-9-4-24(19-43-32)21-50-14-12-25-7-8-30(16-26(25)13-15-50)55-34-10-11-35(52)47-38(34)53/h4-9,16-19,22-23,34H,10-15,20-21H2,1-3H3,(H,44,54)(H,47,52,53). The highest BCUT2D eigenvalue weighted by Gasteiger charge is 2.29. The van der Waals surface area contributed by atoms with Gasteiger partial charge in [-0.15, -0.1) is 0 Å². The summed E-state index contributed by atoms with van der Waals surface area (Å²) in [4.78, 5) is 52.1. The molecule has 2 N–H and O–H groups in total. The van der Waals surface area contributed by atoms with Crippen molar-refractivity contribution in [2.75, 3.05) is 13.1 Å². The second-order valence-electron chi connectivity index (χ2n) is 15.1. The summed E-state index contributed by atoms with van der Waals surface area (Å²) in [6, 6.07) is 16.8. The minimum absolute atomic E-state index is 0.0592. The Morgan fingerprint density at radius 1 is 1.00 bits per heavy atom. The van der Waals surface area contributed by atoms with Gasteiger partial charge in [0.25, 0.3) is 17.6 Å². The van der Waals surface area contributed by atoms with Crippen LogP contribution in [-0.4, -0.2) is 71.5 Å². The molecule has 1 saturated heterocycles. The predicted molar refractivity (Wildman–Crippen MR) is 202 cm³/mol. The topological polar surface area (TPSA) is 170 Å². The lowest BCUT2D eigenvalue weighted by Gasteiger charge is -2.22. The fourth-order valence-corrected chi connectivity index (χ4v) is 6.88. The van der Waals surface area contributed by atoms with E-state index >= 15 is 4.39 Å². The Kier molecular flexibility index (Phi) is 9.85. The number of aromatic nitrogens is 6. The fourth-order valence-electron chi connectivity index (χ4n) is 6.88. The van der Waals surface area contributed by atoms with E-state index in [1.807, 2.05) is 57.4 Å². The van der Waals surface area contributed by atoms with Gasteiger partial charge in [0.1, 0.15) is 17.9 Å². The molecule has 1 unspecified atom stereocenters. The number of piperidine rings is 1. The maximum absolute atomic E-state index is 15.3. The lowest BCUT2D eigenvalue weighted by Crippen LogP contribution is -2.46. The highest BCUT2D eigenvalue weighted by atomic mass is 19.1. The quantitative estimate of drug-likeness (QED) is 0.191. The van der Waals surface area contributed by atoms with Crippen LogP contribution in [0.15, 0.2) is 77.8 Å². The number of hydrogen-bond acceptors (Lipinski definition) is 11. The van der Waals surface area contributed by atoms with Crippen LogP contribution < -0.4 is 15.4 Å². The number of halogens is 1. The van der Waals surface area contributed by atoms with Crippen molar-refractivity contribution in [1.29, 1.82) is 0 Å². The minimum atomic E-state index is -0.659. The number of rotatable bonds is 9. The van der Waals surface area contributed by atoms with Gasteiger partial charge in [-0.05, 0) is 59.9 Å². The Morgan fingerprint density at radius 3 is 2.59 bits per heavy atom. The first kappa shape index (κ1) is 36.6. The lowest BCUT2D eigenvalue weighted by molar-refractivity contribution is -0.138. The molecule has 0 radical (unpaired) electrons. The molecule has 6 aromatic rings. The van der Waals surface area contributed by atoms with E-state index in [1.165, 1.54) is 23.5 Å². The molecule has 56 heavy (non-hydrogen) atoms. The van der Waals surface area contributed by atoms with Crippen molar-refractivity contribution in [2.24, 2.45) is 0 Å². The van der Waals surface area contributed by atoms with Gasteiger partial charge in [-0.1, -0.05) is 50.2 Å². The van der Waals surface area contributed by atoms with Crippen LogP contribution in [0.3, 0.4) is 0 Å². The van der Waals surface area contributed by atoms with E-state index in [1.54, 1.807) is 16.6 Å². The average Bonchev–Trinajstić information content (AvgIpc) is 3.82. The molecule has 4 aromatic heterocycles. The molecule has 15 heteroatoms. The molecule has 0 spiro atoms. The number of carbonyl (C=O) groups is 3. The molecule has 2 aromatic carbocycles. The van der Waals surface area contributed by atoms with Crippen LogP contribution in [0.4, 0.5) is 4.39 Å². The zero-order valence-corrected chi connectivity index (χ0v) is 31.2. The Hall–Kier alpha value is -6.35. The van der Waals surface area contributed by atoms with Gasteiger partial charge in [0.15, 0.2) is 6.10 Å². The molecular weight excluding hydrogens is 718 g/mol. The van der Waals surface area contributed by atoms with Crippen LogP contribution in [-0.2, 0) is 40.9 Å². The number of hydrogen-bond donors (Lipinski definition) is 2. The van der Waals surface area contributed by atoms with Crippen LogP contribution in [0.5, 0.6) is 5.75 Å². The first-order chi connectivity index (χ1) is 27.0. The molecule has 0 saturated carbocycles. The number of imide groups is 1. The highest BCUT2D eigenvalue weighted by molar-refractivity contribution is 6.00. The zero-order chi connectivity index (χ0) is 39.0. The van der Waals surface area contributed by atoms with Crippen LogP contribution in [0.25, 0.3) is 28.0 Å². The van der Waals surface area contributed by atoms with Crippen molar-refractivity contribution in [3.05, 3.63) is 113 Å².